The number of carbonyl (C=O) groups is 1. The van der Waals surface area contributed by atoms with Crippen LogP contribution in [0.2, 0.25) is 0 Å². The molecule has 37 heavy (non-hydrogen) atoms. The average molecular weight is 582 g/mol. The fourth-order valence-corrected chi connectivity index (χ4v) is 4.58. The summed E-state index contributed by atoms with van der Waals surface area (Å²) in [5, 5.41) is 14.3. The van der Waals surface area contributed by atoms with E-state index in [0.717, 1.165) is 28.2 Å². The molecular formula is C26H31BrF3N5O2. The Hall–Kier alpha value is -2.76. The number of nitrogens with two attached hydrogens (primary N) is 1. The Bertz CT molecular complexity index is 1230. The Balaban J connectivity index is 2.20. The zero-order valence-electron chi connectivity index (χ0n) is 21.0. The van der Waals surface area contributed by atoms with Crippen LogP contribution in [-0.2, 0) is 11.3 Å². The number of hydrogen-bond acceptors (Lipinski definition) is 5. The van der Waals surface area contributed by atoms with E-state index in [1.54, 1.807) is 4.68 Å². The molecule has 3 aromatic rings. The number of benzene rings is 2. The molecule has 0 aliphatic heterocycles. The van der Waals surface area contributed by atoms with Gasteiger partial charge in [0.2, 0.25) is 5.91 Å². The van der Waals surface area contributed by atoms with Crippen LogP contribution in [0.5, 0.6) is 0 Å². The summed E-state index contributed by atoms with van der Waals surface area (Å²) in [6.45, 7) is 4.38. The van der Waals surface area contributed by atoms with E-state index in [1.807, 2.05) is 45.0 Å². The van der Waals surface area contributed by atoms with Crippen molar-refractivity contribution in [1.29, 1.82) is 0 Å². The second kappa shape index (κ2) is 12.2. The number of rotatable bonds is 10. The van der Waals surface area contributed by atoms with E-state index in [4.69, 9.17) is 5.73 Å². The topological polar surface area (TPSA) is 97.3 Å². The van der Waals surface area contributed by atoms with Gasteiger partial charge in [-0.2, -0.15) is 5.10 Å². The lowest BCUT2D eigenvalue weighted by Gasteiger charge is -2.39. The van der Waals surface area contributed by atoms with Gasteiger partial charge in [-0.25, -0.2) is 22.8 Å². The van der Waals surface area contributed by atoms with Gasteiger partial charge >= 0.3 is 0 Å². The Morgan fingerprint density at radius 1 is 1.22 bits per heavy atom. The van der Waals surface area contributed by atoms with Gasteiger partial charge in [0.25, 0.3) is 0 Å². The highest BCUT2D eigenvalue weighted by molar-refractivity contribution is 9.10. The molecule has 2 atom stereocenters. The van der Waals surface area contributed by atoms with E-state index in [0.29, 0.717) is 5.82 Å². The van der Waals surface area contributed by atoms with Gasteiger partial charge in [-0.15, -0.1) is 0 Å². The van der Waals surface area contributed by atoms with Crippen LogP contribution < -0.4 is 5.73 Å². The van der Waals surface area contributed by atoms with E-state index in [-0.39, 0.29) is 30.9 Å². The molecule has 0 bridgehead atoms. The van der Waals surface area contributed by atoms with Gasteiger partial charge in [0, 0.05) is 17.1 Å². The summed E-state index contributed by atoms with van der Waals surface area (Å²) in [7, 11) is 0. The quantitative estimate of drug-likeness (QED) is 0.364. The molecule has 0 saturated heterocycles. The molecule has 11 heteroatoms. The van der Waals surface area contributed by atoms with Gasteiger partial charge in [0.15, 0.2) is 11.6 Å². The number of amides is 1. The number of aromatic nitrogens is 3. The first-order valence-electron chi connectivity index (χ1n) is 11.8. The van der Waals surface area contributed by atoms with Crippen molar-refractivity contribution >= 4 is 21.8 Å². The highest BCUT2D eigenvalue weighted by atomic mass is 79.9. The van der Waals surface area contributed by atoms with Crippen LogP contribution in [0.15, 0.2) is 46.9 Å². The lowest BCUT2D eigenvalue weighted by atomic mass is 9.84. The van der Waals surface area contributed by atoms with Gasteiger partial charge in [-0.05, 0) is 47.7 Å². The highest BCUT2D eigenvalue weighted by Crippen LogP contribution is 2.39. The Morgan fingerprint density at radius 3 is 2.57 bits per heavy atom. The molecule has 1 unspecified atom stereocenters. The zero-order chi connectivity index (χ0) is 27.3. The van der Waals surface area contributed by atoms with Crippen LogP contribution in [-0.4, -0.2) is 56.5 Å². The predicted octanol–water partition coefficient (Wildman–Crippen LogP) is 4.63. The van der Waals surface area contributed by atoms with Gasteiger partial charge in [-0.3, -0.25) is 4.79 Å². The van der Waals surface area contributed by atoms with Crippen LogP contribution in [0.3, 0.4) is 0 Å². The Kier molecular flexibility index (Phi) is 9.49. The third kappa shape index (κ3) is 7.18. The van der Waals surface area contributed by atoms with Crippen molar-refractivity contribution in [2.24, 2.45) is 11.1 Å². The van der Waals surface area contributed by atoms with Crippen molar-refractivity contribution in [3.8, 4) is 11.4 Å². The summed E-state index contributed by atoms with van der Waals surface area (Å²) in [4.78, 5) is 18.9. The molecule has 0 fully saturated rings. The average Bonchev–Trinajstić information content (AvgIpc) is 3.24. The molecule has 1 heterocycles. The number of alkyl halides is 1. The number of nitrogens with zero attached hydrogens (tertiary/aromatic N) is 4. The van der Waals surface area contributed by atoms with Crippen molar-refractivity contribution in [3.05, 3.63) is 70.0 Å². The van der Waals surface area contributed by atoms with Crippen LogP contribution in [0, 0.1) is 17.0 Å². The largest absolute Gasteiger partial charge is 0.387 e. The molecule has 0 aliphatic rings. The minimum atomic E-state index is -0.786. The summed E-state index contributed by atoms with van der Waals surface area (Å²) in [5.41, 5.74) is 5.85. The van der Waals surface area contributed by atoms with E-state index in [9.17, 15) is 23.1 Å². The third-order valence-corrected chi connectivity index (χ3v) is 6.36. The maximum atomic E-state index is 14.7. The number of hydrogen-bond donors (Lipinski definition) is 2. The number of carbonyl (C=O) groups excluding carboxylic acids is 1. The van der Waals surface area contributed by atoms with E-state index in [2.05, 4.69) is 26.0 Å². The smallest absolute Gasteiger partial charge is 0.248 e. The lowest BCUT2D eigenvalue weighted by molar-refractivity contribution is -0.139. The standard InChI is InChI=1S/C26H31BrF3N5O2/c1-26(2,3)23(34(22(37)15-36)10-9-19(31)13-28)25-32-24(20-12-18(29)7-8-21(20)30)33-35(25)14-16-5-4-6-17(27)11-16/h4-8,11-12,19,23,36H,9-10,13-15,31H2,1-3H3/t19-,23?/m0/s1. The van der Waals surface area contributed by atoms with Crippen LogP contribution >= 0.6 is 15.9 Å². The van der Waals surface area contributed by atoms with Crippen molar-refractivity contribution in [2.45, 2.75) is 45.8 Å². The normalized spacial score (nSPS) is 13.4. The summed E-state index contributed by atoms with van der Waals surface area (Å²) in [5.74, 6) is -1.68. The van der Waals surface area contributed by atoms with Gasteiger partial charge in [-0.1, -0.05) is 48.8 Å². The van der Waals surface area contributed by atoms with Crippen LogP contribution in [0.1, 0.15) is 44.6 Å². The number of aliphatic hydroxyl groups is 1. The van der Waals surface area contributed by atoms with Gasteiger partial charge in [0.05, 0.1) is 18.2 Å². The van der Waals surface area contributed by atoms with E-state index in [1.165, 1.54) is 4.90 Å². The molecule has 1 aromatic heterocycles. The molecule has 0 spiro atoms. The molecular weight excluding hydrogens is 551 g/mol. The molecule has 3 rings (SSSR count). The molecule has 0 saturated carbocycles. The minimum absolute atomic E-state index is 0.0481. The summed E-state index contributed by atoms with van der Waals surface area (Å²) in [6.07, 6.45) is 0.153. The van der Waals surface area contributed by atoms with Gasteiger partial charge < -0.3 is 15.7 Å². The fraction of sp³-hybridized carbons (Fsp3) is 0.423. The Morgan fingerprint density at radius 2 is 1.95 bits per heavy atom. The number of halogens is 4. The monoisotopic (exact) mass is 581 g/mol. The second-order valence-electron chi connectivity index (χ2n) is 9.92. The van der Waals surface area contributed by atoms with Crippen LogP contribution in [0.25, 0.3) is 11.4 Å². The summed E-state index contributed by atoms with van der Waals surface area (Å²) in [6, 6.07) is 8.96. The van der Waals surface area contributed by atoms with Crippen molar-refractivity contribution in [2.75, 3.05) is 19.8 Å². The molecule has 7 nitrogen and oxygen atoms in total. The predicted molar refractivity (Wildman–Crippen MR) is 138 cm³/mol. The highest BCUT2D eigenvalue weighted by Gasteiger charge is 2.39. The Labute approximate surface area is 222 Å². The first-order valence-corrected chi connectivity index (χ1v) is 12.6. The molecule has 0 radical (unpaired) electrons. The van der Waals surface area contributed by atoms with Crippen molar-refractivity contribution in [3.63, 3.8) is 0 Å². The molecule has 2 aromatic carbocycles. The van der Waals surface area contributed by atoms with Gasteiger partial charge in [0.1, 0.15) is 24.9 Å². The fourth-order valence-electron chi connectivity index (χ4n) is 4.13. The van der Waals surface area contributed by atoms with E-state index < -0.39 is 48.3 Å². The summed E-state index contributed by atoms with van der Waals surface area (Å²) < 4.78 is 44.2. The second-order valence-corrected chi connectivity index (χ2v) is 10.8. The molecule has 200 valence electrons. The maximum Gasteiger partial charge on any atom is 0.248 e. The maximum absolute atomic E-state index is 14.7. The van der Waals surface area contributed by atoms with E-state index >= 15 is 0 Å². The number of aliphatic hydroxyl groups excluding tert-OH is 1. The summed E-state index contributed by atoms with van der Waals surface area (Å²) >= 11 is 3.45. The van der Waals surface area contributed by atoms with Crippen LogP contribution in [0.4, 0.5) is 13.2 Å². The van der Waals surface area contributed by atoms with Crippen molar-refractivity contribution < 1.29 is 23.1 Å². The van der Waals surface area contributed by atoms with Crippen molar-refractivity contribution in [1.82, 2.24) is 19.7 Å². The third-order valence-electron chi connectivity index (χ3n) is 5.86. The zero-order valence-corrected chi connectivity index (χ0v) is 22.6. The minimum Gasteiger partial charge on any atom is -0.387 e. The molecule has 1 amide bonds. The lowest BCUT2D eigenvalue weighted by Crippen LogP contribution is -2.45. The first kappa shape index (κ1) is 28.8. The SMILES string of the molecule is CC(C)(C)C(c1nc(-c2cc(F)ccc2F)nn1Cc1cccc(Br)c1)N(CC[C@H](N)CF)C(=O)CO. The molecule has 3 N–H and O–H groups in total. The first-order chi connectivity index (χ1) is 17.4. The molecule has 0 aliphatic carbocycles.